The third-order valence-corrected chi connectivity index (χ3v) is 4.40. The van der Waals surface area contributed by atoms with Crippen LogP contribution in [0.1, 0.15) is 26.3 Å². The van der Waals surface area contributed by atoms with Crippen LogP contribution in [-0.4, -0.2) is 43.6 Å². The summed E-state index contributed by atoms with van der Waals surface area (Å²) >= 11 is 0. The molecule has 2 N–H and O–H groups in total. The van der Waals surface area contributed by atoms with E-state index in [1.54, 1.807) is 20.8 Å². The molecule has 1 aromatic heterocycles. The molecule has 2 atom stereocenters. The van der Waals surface area contributed by atoms with Gasteiger partial charge in [0.05, 0.1) is 19.8 Å². The smallest absolute Gasteiger partial charge is 0.417 e. The number of esters is 2. The molecule has 1 amide bonds. The van der Waals surface area contributed by atoms with Gasteiger partial charge in [0.15, 0.2) is 5.92 Å². The highest BCUT2D eigenvalue weighted by atomic mass is 19.4. The van der Waals surface area contributed by atoms with Crippen LogP contribution in [0.4, 0.5) is 18.9 Å². The summed E-state index contributed by atoms with van der Waals surface area (Å²) in [5.74, 6) is -4.61. The Morgan fingerprint density at radius 3 is 2.12 bits per heavy atom. The normalized spacial score (nSPS) is 13.7. The summed E-state index contributed by atoms with van der Waals surface area (Å²) < 4.78 is 54.0. The minimum Gasteiger partial charge on any atom is -0.468 e. The molecule has 2 rings (SSSR count). The summed E-state index contributed by atoms with van der Waals surface area (Å²) in [6, 6.07) is 1.96. The van der Waals surface area contributed by atoms with Gasteiger partial charge in [-0.2, -0.15) is 13.2 Å². The van der Waals surface area contributed by atoms with Crippen LogP contribution < -0.4 is 16.3 Å². The van der Waals surface area contributed by atoms with Gasteiger partial charge in [-0.3, -0.25) is 9.59 Å². The van der Waals surface area contributed by atoms with Crippen LogP contribution in [0.5, 0.6) is 0 Å². The maximum atomic E-state index is 13.3. The molecule has 0 saturated carbocycles. The second-order valence-electron chi connectivity index (χ2n) is 8.07. The van der Waals surface area contributed by atoms with Gasteiger partial charge in [0.1, 0.15) is 11.6 Å². The van der Waals surface area contributed by atoms with Gasteiger partial charge in [-0.05, 0) is 32.9 Å². The van der Waals surface area contributed by atoms with E-state index in [2.05, 4.69) is 15.4 Å². The summed E-state index contributed by atoms with van der Waals surface area (Å²) in [7, 11) is 2.06. The molecule has 0 aliphatic rings. The van der Waals surface area contributed by atoms with Gasteiger partial charge in [-0.1, -0.05) is 0 Å². The molecule has 0 bridgehead atoms. The van der Waals surface area contributed by atoms with Gasteiger partial charge in [-0.25, -0.2) is 9.59 Å². The van der Waals surface area contributed by atoms with Crippen molar-refractivity contribution in [2.75, 3.05) is 19.5 Å². The molecule has 0 spiro atoms. The van der Waals surface area contributed by atoms with Crippen molar-refractivity contribution in [3.8, 4) is 0 Å². The predicted molar refractivity (Wildman–Crippen MR) is 110 cm³/mol. The minimum atomic E-state index is -4.81. The summed E-state index contributed by atoms with van der Waals surface area (Å²) in [4.78, 5) is 49.2. The Kier molecular flexibility index (Phi) is 7.40. The van der Waals surface area contributed by atoms with E-state index >= 15 is 0 Å². The number of methoxy groups -OCH3 is 2. The fraction of sp³-hybridized carbons (Fsp3) is 0.429. The van der Waals surface area contributed by atoms with Crippen molar-refractivity contribution < 1.29 is 41.4 Å². The number of amides is 1. The number of alkyl halides is 3. The first-order chi connectivity index (χ1) is 15.2. The largest absolute Gasteiger partial charge is 0.468 e. The average Bonchev–Trinajstić information content (AvgIpc) is 2.69. The van der Waals surface area contributed by atoms with Crippen molar-refractivity contribution in [2.24, 2.45) is 5.92 Å². The lowest BCUT2D eigenvalue weighted by Gasteiger charge is -2.28. The number of rotatable bonds is 6. The summed E-state index contributed by atoms with van der Waals surface area (Å²) in [6.07, 6.45) is -4.81. The van der Waals surface area contributed by atoms with E-state index in [0.29, 0.717) is 6.07 Å². The Morgan fingerprint density at radius 2 is 1.61 bits per heavy atom. The number of anilines is 1. The van der Waals surface area contributed by atoms with E-state index in [4.69, 9.17) is 9.15 Å². The quantitative estimate of drug-likeness (QED) is 0.373. The number of nitrogens with one attached hydrogen (secondary N) is 2. The van der Waals surface area contributed by atoms with Gasteiger partial charge in [0.25, 0.3) is 0 Å². The highest BCUT2D eigenvalue weighted by molar-refractivity contribution is 6.04. The SMILES string of the molecule is COC(=O)C(Nc1ccc2c(C(F)(F)F)cc(=O)oc2c1)C(C(=O)NC(C)(C)C)C(=O)OC. The number of halogens is 3. The van der Waals surface area contributed by atoms with Gasteiger partial charge in [0, 0.05) is 28.7 Å². The van der Waals surface area contributed by atoms with Crippen LogP contribution in [0.3, 0.4) is 0 Å². The Hall–Kier alpha value is -3.57. The van der Waals surface area contributed by atoms with Crippen molar-refractivity contribution in [3.05, 3.63) is 40.2 Å². The monoisotopic (exact) mass is 472 g/mol. The highest BCUT2D eigenvalue weighted by Crippen LogP contribution is 2.34. The van der Waals surface area contributed by atoms with E-state index < -0.39 is 63.7 Å². The molecule has 2 aromatic rings. The van der Waals surface area contributed by atoms with Crippen LogP contribution in [0.15, 0.2) is 33.5 Å². The summed E-state index contributed by atoms with van der Waals surface area (Å²) in [5, 5.41) is 4.78. The molecule has 0 radical (unpaired) electrons. The third-order valence-electron chi connectivity index (χ3n) is 4.40. The lowest BCUT2D eigenvalue weighted by molar-refractivity contribution is -0.157. The molecule has 0 saturated heterocycles. The number of ether oxygens (including phenoxy) is 2. The summed E-state index contributed by atoms with van der Waals surface area (Å²) in [5.41, 5.74) is -3.62. The van der Waals surface area contributed by atoms with E-state index in [0.717, 1.165) is 26.4 Å². The van der Waals surface area contributed by atoms with Crippen molar-refractivity contribution in [3.63, 3.8) is 0 Å². The van der Waals surface area contributed by atoms with Crippen LogP contribution in [0.2, 0.25) is 0 Å². The maximum absolute atomic E-state index is 13.3. The van der Waals surface area contributed by atoms with Crippen molar-refractivity contribution >= 4 is 34.5 Å². The first-order valence-corrected chi connectivity index (χ1v) is 9.57. The Balaban J connectivity index is 2.55. The zero-order valence-electron chi connectivity index (χ0n) is 18.5. The van der Waals surface area contributed by atoms with E-state index in [-0.39, 0.29) is 5.69 Å². The van der Waals surface area contributed by atoms with Crippen LogP contribution in [-0.2, 0) is 30.0 Å². The third kappa shape index (κ3) is 6.24. The first kappa shape index (κ1) is 25.7. The Labute approximate surface area is 186 Å². The van der Waals surface area contributed by atoms with Crippen LogP contribution >= 0.6 is 0 Å². The molecule has 1 aromatic carbocycles. The fourth-order valence-corrected chi connectivity index (χ4v) is 3.04. The molecule has 1 heterocycles. The topological polar surface area (TPSA) is 124 Å². The molecular weight excluding hydrogens is 449 g/mol. The Morgan fingerprint density at radius 1 is 1.00 bits per heavy atom. The molecule has 180 valence electrons. The number of hydrogen-bond acceptors (Lipinski definition) is 8. The second kappa shape index (κ2) is 9.51. The highest BCUT2D eigenvalue weighted by Gasteiger charge is 2.42. The van der Waals surface area contributed by atoms with Crippen LogP contribution in [0.25, 0.3) is 11.0 Å². The maximum Gasteiger partial charge on any atom is 0.417 e. The minimum absolute atomic E-state index is 0.0159. The van der Waals surface area contributed by atoms with E-state index in [1.165, 1.54) is 6.07 Å². The molecule has 0 aliphatic carbocycles. The molecule has 0 fully saturated rings. The zero-order chi connectivity index (χ0) is 25.1. The summed E-state index contributed by atoms with van der Waals surface area (Å²) in [6.45, 7) is 4.97. The fourth-order valence-electron chi connectivity index (χ4n) is 3.04. The molecule has 33 heavy (non-hydrogen) atoms. The van der Waals surface area contributed by atoms with Gasteiger partial charge in [0.2, 0.25) is 5.91 Å². The lowest BCUT2D eigenvalue weighted by atomic mass is 9.96. The standard InChI is InChI=1S/C21H23F3N2O7/c1-20(2,3)26-17(28)15(18(29)31-4)16(19(30)32-5)25-10-6-7-11-12(21(22,23)24)9-14(27)33-13(11)8-10/h6-9,15-16,25H,1-5H3,(H,26,28). The van der Waals surface area contributed by atoms with Gasteiger partial charge in [-0.15, -0.1) is 0 Å². The molecule has 9 nitrogen and oxygen atoms in total. The van der Waals surface area contributed by atoms with Gasteiger partial charge < -0.3 is 24.5 Å². The Bertz CT molecular complexity index is 1120. The van der Waals surface area contributed by atoms with Gasteiger partial charge >= 0.3 is 23.7 Å². The first-order valence-electron chi connectivity index (χ1n) is 9.57. The predicted octanol–water partition coefficient (Wildman–Crippen LogP) is 2.47. The average molecular weight is 472 g/mol. The van der Waals surface area contributed by atoms with Crippen LogP contribution in [0, 0.1) is 5.92 Å². The number of benzene rings is 1. The van der Waals surface area contributed by atoms with Crippen molar-refractivity contribution in [1.29, 1.82) is 0 Å². The molecular formula is C21H23F3N2O7. The molecule has 2 unspecified atom stereocenters. The number of hydrogen-bond donors (Lipinski definition) is 2. The molecule has 0 aliphatic heterocycles. The lowest BCUT2D eigenvalue weighted by Crippen LogP contribution is -2.53. The molecule has 12 heteroatoms. The zero-order valence-corrected chi connectivity index (χ0v) is 18.5. The number of fused-ring (bicyclic) bond motifs is 1. The second-order valence-corrected chi connectivity index (χ2v) is 8.07. The number of carbonyl (C=O) groups is 3. The van der Waals surface area contributed by atoms with Crippen molar-refractivity contribution in [2.45, 2.75) is 38.5 Å². The van der Waals surface area contributed by atoms with E-state index in [1.807, 2.05) is 0 Å². The number of carbonyl (C=O) groups excluding carboxylic acids is 3. The van der Waals surface area contributed by atoms with Crippen molar-refractivity contribution in [1.82, 2.24) is 5.32 Å². The van der Waals surface area contributed by atoms with E-state index in [9.17, 15) is 32.3 Å².